The molecule has 0 spiro atoms. The monoisotopic (exact) mass is 517 g/mol. The van der Waals surface area contributed by atoms with Crippen LogP contribution in [0.1, 0.15) is 32.3 Å². The number of aryl methyl sites for hydroxylation is 1. The Morgan fingerprint density at radius 3 is 2.64 bits per heavy atom. The third-order valence-corrected chi connectivity index (χ3v) is 7.45. The number of nitro groups is 1. The molecule has 4 aromatic rings. The van der Waals surface area contributed by atoms with Gasteiger partial charge in [0.15, 0.2) is 0 Å². The topological polar surface area (TPSA) is 128 Å². The van der Waals surface area contributed by atoms with E-state index in [1.807, 2.05) is 25.1 Å². The highest BCUT2D eigenvalue weighted by molar-refractivity contribution is 7.21. The predicted molar refractivity (Wildman–Crippen MR) is 135 cm³/mol. The number of halogens is 1. The van der Waals surface area contributed by atoms with Crippen molar-refractivity contribution in [2.24, 2.45) is 5.73 Å². The van der Waals surface area contributed by atoms with E-state index in [4.69, 9.17) is 26.8 Å². The molecule has 0 amide bonds. The molecule has 1 aliphatic heterocycles. The molecule has 1 aliphatic rings. The maximum absolute atomic E-state index is 12.9. The van der Waals surface area contributed by atoms with Crippen LogP contribution in [-0.2, 0) is 0 Å². The highest BCUT2D eigenvalue weighted by atomic mass is 35.5. The molecule has 1 unspecified atom stereocenters. The van der Waals surface area contributed by atoms with Gasteiger partial charge in [0, 0.05) is 33.8 Å². The van der Waals surface area contributed by atoms with Crippen molar-refractivity contribution in [3.63, 3.8) is 0 Å². The number of carbonyl (C=O) groups is 1. The molecule has 36 heavy (non-hydrogen) atoms. The van der Waals surface area contributed by atoms with Gasteiger partial charge in [0.05, 0.1) is 15.9 Å². The number of nitrogens with zero attached hydrogens (tertiary/aromatic N) is 2. The second-order valence-corrected chi connectivity index (χ2v) is 9.54. The van der Waals surface area contributed by atoms with Gasteiger partial charge in [0.1, 0.15) is 28.0 Å². The largest absolute Gasteiger partial charge is 0.440 e. The summed E-state index contributed by atoms with van der Waals surface area (Å²) in [6, 6.07) is 18.4. The number of hydrogen-bond donors (Lipinski definition) is 1. The molecule has 0 saturated heterocycles. The Balaban J connectivity index is 1.48. The summed E-state index contributed by atoms with van der Waals surface area (Å²) in [5, 5.41) is 21.8. The van der Waals surface area contributed by atoms with Crippen molar-refractivity contribution in [3.8, 4) is 17.6 Å². The quantitative estimate of drug-likeness (QED) is 0.147. The van der Waals surface area contributed by atoms with Gasteiger partial charge in [0.25, 0.3) is 5.69 Å². The van der Waals surface area contributed by atoms with E-state index in [9.17, 15) is 20.2 Å². The summed E-state index contributed by atoms with van der Waals surface area (Å²) in [7, 11) is 0. The van der Waals surface area contributed by atoms with Gasteiger partial charge < -0.3 is 15.2 Å². The third-order valence-electron chi connectivity index (χ3n) is 5.81. The van der Waals surface area contributed by atoms with Crippen LogP contribution in [0.15, 0.2) is 72.1 Å². The molecular weight excluding hydrogens is 502 g/mol. The maximum Gasteiger partial charge on any atom is 0.355 e. The summed E-state index contributed by atoms with van der Waals surface area (Å²) in [5.74, 6) is -0.801. The van der Waals surface area contributed by atoms with Crippen LogP contribution in [0, 0.1) is 28.4 Å². The van der Waals surface area contributed by atoms with Crippen LogP contribution in [0.4, 0.5) is 5.69 Å². The van der Waals surface area contributed by atoms with Crippen LogP contribution in [-0.4, -0.2) is 10.9 Å². The number of fused-ring (bicyclic) bond motifs is 2. The van der Waals surface area contributed by atoms with Gasteiger partial charge in [-0.1, -0.05) is 41.9 Å². The molecule has 0 saturated carbocycles. The highest BCUT2D eigenvalue weighted by Crippen LogP contribution is 2.44. The molecule has 0 fully saturated rings. The average molecular weight is 518 g/mol. The zero-order valence-electron chi connectivity index (χ0n) is 18.7. The number of hydrogen-bond acceptors (Lipinski definition) is 8. The molecule has 178 valence electrons. The van der Waals surface area contributed by atoms with E-state index >= 15 is 0 Å². The first kappa shape index (κ1) is 23.4. The number of nitriles is 1. The summed E-state index contributed by atoms with van der Waals surface area (Å²) in [5.41, 5.74) is 8.42. The lowest BCUT2D eigenvalue weighted by atomic mass is 9.83. The second-order valence-electron chi connectivity index (χ2n) is 8.11. The number of ether oxygens (including phenoxy) is 2. The lowest BCUT2D eigenvalue weighted by Crippen LogP contribution is -2.21. The smallest absolute Gasteiger partial charge is 0.355 e. The van der Waals surface area contributed by atoms with E-state index in [-0.39, 0.29) is 27.8 Å². The van der Waals surface area contributed by atoms with Gasteiger partial charge in [-0.2, -0.15) is 5.26 Å². The molecule has 0 radical (unpaired) electrons. The maximum atomic E-state index is 12.9. The number of rotatable bonds is 4. The van der Waals surface area contributed by atoms with Crippen molar-refractivity contribution in [1.29, 1.82) is 5.26 Å². The fraction of sp³-hybridized carbons (Fsp3) is 0.0769. The minimum Gasteiger partial charge on any atom is -0.440 e. The molecule has 3 aromatic carbocycles. The molecule has 10 heteroatoms. The standard InChI is InChI=1S/C26H16ClN3O5S/c1-13-2-8-18-21(10-13)36-24(23(18)27)26(31)34-16-7-9-17-20(11-16)35-25(29)19(12-28)22(17)14-3-5-15(6-4-14)30(32)33/h2-11,22H,29H2,1H3. The predicted octanol–water partition coefficient (Wildman–Crippen LogP) is 6.21. The lowest BCUT2D eigenvalue weighted by molar-refractivity contribution is -0.384. The fourth-order valence-electron chi connectivity index (χ4n) is 4.09. The van der Waals surface area contributed by atoms with Gasteiger partial charge in [-0.3, -0.25) is 10.1 Å². The van der Waals surface area contributed by atoms with Gasteiger partial charge in [-0.05, 0) is 30.2 Å². The van der Waals surface area contributed by atoms with Crippen LogP contribution in [0.5, 0.6) is 11.5 Å². The first-order valence-electron chi connectivity index (χ1n) is 10.6. The van der Waals surface area contributed by atoms with Crippen LogP contribution in [0.25, 0.3) is 10.1 Å². The summed E-state index contributed by atoms with van der Waals surface area (Å²) in [6.45, 7) is 1.96. The highest BCUT2D eigenvalue weighted by Gasteiger charge is 2.31. The van der Waals surface area contributed by atoms with Crippen molar-refractivity contribution < 1.29 is 19.2 Å². The Morgan fingerprint density at radius 2 is 1.94 bits per heavy atom. The third kappa shape index (κ3) is 4.02. The van der Waals surface area contributed by atoms with E-state index in [1.165, 1.54) is 29.5 Å². The van der Waals surface area contributed by atoms with Crippen molar-refractivity contribution in [2.45, 2.75) is 12.8 Å². The Bertz CT molecular complexity index is 1640. The molecule has 8 nitrogen and oxygen atoms in total. The zero-order valence-corrected chi connectivity index (χ0v) is 20.2. The van der Waals surface area contributed by atoms with Crippen molar-refractivity contribution in [1.82, 2.24) is 0 Å². The van der Waals surface area contributed by atoms with Crippen molar-refractivity contribution >= 4 is 44.7 Å². The number of thiophene rings is 1. The number of non-ortho nitro benzene ring substituents is 1. The fourth-order valence-corrected chi connectivity index (χ4v) is 5.57. The Hall–Kier alpha value is -4.39. The number of nitro benzene ring substituents is 1. The molecular formula is C26H16ClN3O5S. The first-order chi connectivity index (χ1) is 17.3. The van der Waals surface area contributed by atoms with Crippen molar-refractivity contribution in [2.75, 3.05) is 0 Å². The van der Waals surface area contributed by atoms with Crippen LogP contribution in [0.2, 0.25) is 5.02 Å². The summed E-state index contributed by atoms with van der Waals surface area (Å²) in [4.78, 5) is 23.7. The number of carbonyl (C=O) groups excluding carboxylic acids is 1. The number of benzene rings is 3. The Labute approximate surface area is 213 Å². The SMILES string of the molecule is Cc1ccc2c(Cl)c(C(=O)Oc3ccc4c(c3)OC(N)=C(C#N)C4c3ccc([N+](=O)[O-])cc3)sc2c1. The second kappa shape index (κ2) is 9.00. The normalized spacial score (nSPS) is 14.6. The Morgan fingerprint density at radius 1 is 1.19 bits per heavy atom. The van der Waals surface area contributed by atoms with Crippen LogP contribution >= 0.6 is 22.9 Å². The summed E-state index contributed by atoms with van der Waals surface area (Å²) in [6.07, 6.45) is 0. The van der Waals surface area contributed by atoms with E-state index in [0.29, 0.717) is 21.9 Å². The minimum absolute atomic E-state index is 0.0705. The first-order valence-corrected chi connectivity index (χ1v) is 11.8. The number of esters is 1. The molecule has 0 bridgehead atoms. The molecule has 1 atom stereocenters. The van der Waals surface area contributed by atoms with Crippen LogP contribution in [0.3, 0.4) is 0 Å². The lowest BCUT2D eigenvalue weighted by Gasteiger charge is -2.26. The Kier molecular flexibility index (Phi) is 5.84. The number of allylic oxidation sites excluding steroid dienone is 1. The molecule has 5 rings (SSSR count). The minimum atomic E-state index is -0.609. The summed E-state index contributed by atoms with van der Waals surface area (Å²) >= 11 is 7.69. The van der Waals surface area contributed by atoms with E-state index < -0.39 is 16.8 Å². The zero-order chi connectivity index (χ0) is 25.6. The summed E-state index contributed by atoms with van der Waals surface area (Å²) < 4.78 is 12.1. The van der Waals surface area contributed by atoms with E-state index in [2.05, 4.69) is 6.07 Å². The van der Waals surface area contributed by atoms with Gasteiger partial charge in [0.2, 0.25) is 5.88 Å². The molecule has 1 aromatic heterocycles. The van der Waals surface area contributed by atoms with E-state index in [1.54, 1.807) is 24.3 Å². The molecule has 2 heterocycles. The average Bonchev–Trinajstić information content (AvgIpc) is 3.18. The molecule has 2 N–H and O–H groups in total. The molecule has 0 aliphatic carbocycles. The van der Waals surface area contributed by atoms with Gasteiger partial charge >= 0.3 is 5.97 Å². The van der Waals surface area contributed by atoms with Gasteiger partial charge in [-0.15, -0.1) is 11.3 Å². The van der Waals surface area contributed by atoms with E-state index in [0.717, 1.165) is 15.6 Å². The van der Waals surface area contributed by atoms with Crippen LogP contribution < -0.4 is 15.2 Å². The van der Waals surface area contributed by atoms with Crippen molar-refractivity contribution in [3.05, 3.63) is 109 Å². The van der Waals surface area contributed by atoms with Gasteiger partial charge in [-0.25, -0.2) is 4.79 Å². The number of nitrogens with two attached hydrogens (primary N) is 1.